The van der Waals surface area contributed by atoms with Crippen LogP contribution in [0.1, 0.15) is 12.8 Å². The van der Waals surface area contributed by atoms with Crippen LogP contribution in [-0.2, 0) is 14.8 Å². The Kier molecular flexibility index (Phi) is 5.76. The van der Waals surface area contributed by atoms with Gasteiger partial charge in [-0.2, -0.15) is 4.31 Å². The van der Waals surface area contributed by atoms with E-state index in [1.165, 1.54) is 4.31 Å². The van der Waals surface area contributed by atoms with Gasteiger partial charge in [0.1, 0.15) is 5.82 Å². The highest BCUT2D eigenvalue weighted by Crippen LogP contribution is 2.25. The van der Waals surface area contributed by atoms with Crippen molar-refractivity contribution in [3.63, 3.8) is 0 Å². The molecule has 27 heavy (non-hydrogen) atoms. The third kappa shape index (κ3) is 4.45. The summed E-state index contributed by atoms with van der Waals surface area (Å²) in [7, 11) is 0.305. The highest BCUT2D eigenvalue weighted by molar-refractivity contribution is 7.89. The van der Waals surface area contributed by atoms with E-state index in [-0.39, 0.29) is 11.8 Å². The molecule has 0 aliphatic carbocycles. The number of sulfonamides is 1. The first-order valence-corrected chi connectivity index (χ1v) is 10.3. The van der Waals surface area contributed by atoms with Crippen molar-refractivity contribution in [3.05, 3.63) is 48.7 Å². The van der Waals surface area contributed by atoms with Crippen LogP contribution in [0.2, 0.25) is 0 Å². The van der Waals surface area contributed by atoms with Crippen LogP contribution in [0.3, 0.4) is 0 Å². The van der Waals surface area contributed by atoms with E-state index in [2.05, 4.69) is 10.3 Å². The summed E-state index contributed by atoms with van der Waals surface area (Å²) in [6.45, 7) is 0.681. The van der Waals surface area contributed by atoms with Gasteiger partial charge < -0.3 is 10.2 Å². The van der Waals surface area contributed by atoms with Gasteiger partial charge in [-0.05, 0) is 37.1 Å². The Morgan fingerprint density at radius 1 is 1.11 bits per heavy atom. The highest BCUT2D eigenvalue weighted by Gasteiger charge is 2.32. The Morgan fingerprint density at radius 2 is 1.78 bits per heavy atom. The molecule has 2 heterocycles. The minimum Gasteiger partial charge on any atom is -0.363 e. The maximum Gasteiger partial charge on any atom is 0.243 e. The number of benzene rings is 1. The van der Waals surface area contributed by atoms with E-state index in [0.717, 1.165) is 5.82 Å². The molecule has 1 fully saturated rings. The molecule has 0 bridgehead atoms. The summed E-state index contributed by atoms with van der Waals surface area (Å²) < 4.78 is 26.8. The molecule has 1 aliphatic heterocycles. The lowest BCUT2D eigenvalue weighted by Gasteiger charge is -2.30. The lowest BCUT2D eigenvalue weighted by atomic mass is 9.97. The van der Waals surface area contributed by atoms with E-state index in [0.29, 0.717) is 36.5 Å². The Labute approximate surface area is 160 Å². The van der Waals surface area contributed by atoms with Crippen molar-refractivity contribution in [1.29, 1.82) is 0 Å². The van der Waals surface area contributed by atoms with E-state index in [1.807, 2.05) is 31.1 Å². The SMILES string of the molecule is CN(C)c1ccc(NC(=O)C2CCN(S(=O)(=O)c3ccccc3)CC2)cn1. The number of nitrogens with one attached hydrogen (secondary N) is 1. The quantitative estimate of drug-likeness (QED) is 0.849. The summed E-state index contributed by atoms with van der Waals surface area (Å²) in [5, 5.41) is 2.88. The van der Waals surface area contributed by atoms with Gasteiger partial charge in [-0.25, -0.2) is 13.4 Å². The Bertz CT molecular complexity index is 875. The molecule has 8 heteroatoms. The number of hydrogen-bond donors (Lipinski definition) is 1. The van der Waals surface area contributed by atoms with Gasteiger partial charge in [-0.3, -0.25) is 4.79 Å². The second-order valence-corrected chi connectivity index (χ2v) is 8.72. The minimum absolute atomic E-state index is 0.0915. The molecular formula is C19H24N4O3S. The molecule has 0 spiro atoms. The molecule has 1 saturated heterocycles. The number of aromatic nitrogens is 1. The largest absolute Gasteiger partial charge is 0.363 e. The van der Waals surface area contributed by atoms with Crippen molar-refractivity contribution in [2.75, 3.05) is 37.4 Å². The molecule has 144 valence electrons. The van der Waals surface area contributed by atoms with Crippen molar-refractivity contribution in [3.8, 4) is 0 Å². The number of piperidine rings is 1. The molecule has 0 radical (unpaired) electrons. The van der Waals surface area contributed by atoms with Gasteiger partial charge in [0, 0.05) is 33.1 Å². The number of rotatable bonds is 5. The van der Waals surface area contributed by atoms with Crippen LogP contribution in [-0.4, -0.2) is 50.8 Å². The monoisotopic (exact) mass is 388 g/mol. The molecule has 7 nitrogen and oxygen atoms in total. The van der Waals surface area contributed by atoms with E-state index in [4.69, 9.17) is 0 Å². The molecule has 0 unspecified atom stereocenters. The maximum absolute atomic E-state index is 12.7. The molecule has 1 amide bonds. The summed E-state index contributed by atoms with van der Waals surface area (Å²) >= 11 is 0. The van der Waals surface area contributed by atoms with Crippen LogP contribution in [0.4, 0.5) is 11.5 Å². The fourth-order valence-corrected chi connectivity index (χ4v) is 4.56. The average Bonchev–Trinajstić information content (AvgIpc) is 2.69. The van der Waals surface area contributed by atoms with Gasteiger partial charge in [0.25, 0.3) is 0 Å². The summed E-state index contributed by atoms with van der Waals surface area (Å²) in [6, 6.07) is 12.1. The van der Waals surface area contributed by atoms with Crippen LogP contribution in [0, 0.1) is 5.92 Å². The average molecular weight is 388 g/mol. The van der Waals surface area contributed by atoms with E-state index in [1.54, 1.807) is 36.5 Å². The minimum atomic E-state index is -3.50. The van der Waals surface area contributed by atoms with Crippen molar-refractivity contribution in [1.82, 2.24) is 9.29 Å². The number of amides is 1. The molecule has 3 rings (SSSR count). The van der Waals surface area contributed by atoms with Crippen molar-refractivity contribution in [2.24, 2.45) is 5.92 Å². The molecular weight excluding hydrogens is 364 g/mol. The standard InChI is InChI=1S/C19H24N4O3S/c1-22(2)18-9-8-16(14-20-18)21-19(24)15-10-12-23(13-11-15)27(25,26)17-6-4-3-5-7-17/h3-9,14-15H,10-13H2,1-2H3,(H,21,24). The van der Waals surface area contributed by atoms with Crippen molar-refractivity contribution in [2.45, 2.75) is 17.7 Å². The Morgan fingerprint density at radius 3 is 2.33 bits per heavy atom. The molecule has 1 aromatic heterocycles. The van der Waals surface area contributed by atoms with Crippen LogP contribution < -0.4 is 10.2 Å². The first-order valence-electron chi connectivity index (χ1n) is 8.87. The summed E-state index contributed by atoms with van der Waals surface area (Å²) in [5.41, 5.74) is 0.643. The molecule has 1 N–H and O–H groups in total. The molecule has 1 aromatic carbocycles. The van der Waals surface area contributed by atoms with Crippen molar-refractivity contribution < 1.29 is 13.2 Å². The molecule has 0 atom stereocenters. The normalized spacial score (nSPS) is 16.1. The second kappa shape index (κ2) is 8.06. The maximum atomic E-state index is 12.7. The van der Waals surface area contributed by atoms with Crippen LogP contribution in [0.15, 0.2) is 53.6 Å². The fraction of sp³-hybridized carbons (Fsp3) is 0.368. The zero-order valence-corrected chi connectivity index (χ0v) is 16.3. The van der Waals surface area contributed by atoms with Crippen LogP contribution in [0.5, 0.6) is 0 Å². The van der Waals surface area contributed by atoms with Gasteiger partial charge in [0.2, 0.25) is 15.9 Å². The van der Waals surface area contributed by atoms with E-state index >= 15 is 0 Å². The number of carbonyl (C=O) groups is 1. The third-order valence-corrected chi connectivity index (χ3v) is 6.59. The molecule has 0 saturated carbocycles. The predicted octanol–water partition coefficient (Wildman–Crippen LogP) is 2.19. The second-order valence-electron chi connectivity index (χ2n) is 6.78. The van der Waals surface area contributed by atoms with Crippen LogP contribution in [0.25, 0.3) is 0 Å². The predicted molar refractivity (Wildman–Crippen MR) is 105 cm³/mol. The molecule has 1 aliphatic rings. The lowest BCUT2D eigenvalue weighted by molar-refractivity contribution is -0.120. The van der Waals surface area contributed by atoms with Gasteiger partial charge in [-0.15, -0.1) is 0 Å². The first-order chi connectivity index (χ1) is 12.9. The zero-order valence-electron chi connectivity index (χ0n) is 15.5. The number of carbonyl (C=O) groups excluding carboxylic acids is 1. The Hall–Kier alpha value is -2.45. The first kappa shape index (κ1) is 19.3. The highest BCUT2D eigenvalue weighted by atomic mass is 32.2. The van der Waals surface area contributed by atoms with Gasteiger partial charge >= 0.3 is 0 Å². The number of nitrogens with zero attached hydrogens (tertiary/aromatic N) is 3. The van der Waals surface area contributed by atoms with Crippen molar-refractivity contribution >= 4 is 27.4 Å². The van der Waals surface area contributed by atoms with E-state index < -0.39 is 10.0 Å². The fourth-order valence-electron chi connectivity index (χ4n) is 3.07. The van der Waals surface area contributed by atoms with E-state index in [9.17, 15) is 13.2 Å². The third-order valence-electron chi connectivity index (χ3n) is 4.68. The van der Waals surface area contributed by atoms with Crippen LogP contribution >= 0.6 is 0 Å². The smallest absolute Gasteiger partial charge is 0.243 e. The number of hydrogen-bond acceptors (Lipinski definition) is 5. The Balaban J connectivity index is 1.58. The van der Waals surface area contributed by atoms with Gasteiger partial charge in [-0.1, -0.05) is 18.2 Å². The summed E-state index contributed by atoms with van der Waals surface area (Å²) in [4.78, 5) is 18.9. The summed E-state index contributed by atoms with van der Waals surface area (Å²) in [6.07, 6.45) is 2.63. The molecule has 2 aromatic rings. The number of anilines is 2. The lowest BCUT2D eigenvalue weighted by Crippen LogP contribution is -2.41. The topological polar surface area (TPSA) is 82.6 Å². The number of pyridine rings is 1. The zero-order chi connectivity index (χ0) is 19.4. The van der Waals surface area contributed by atoms with Gasteiger partial charge in [0.15, 0.2) is 0 Å². The summed E-state index contributed by atoms with van der Waals surface area (Å²) in [5.74, 6) is 0.513. The van der Waals surface area contributed by atoms with Gasteiger partial charge in [0.05, 0.1) is 16.8 Å².